The molecular formula is C15H29N3O. The minimum absolute atomic E-state index is 0.0363. The smallest absolute Gasteiger partial charge is 0.239 e. The van der Waals surface area contributed by atoms with Crippen LogP contribution in [-0.2, 0) is 4.79 Å². The Bertz CT molecular complexity index is 294. The van der Waals surface area contributed by atoms with Crippen LogP contribution in [0, 0.1) is 0 Å². The van der Waals surface area contributed by atoms with Gasteiger partial charge in [-0.05, 0) is 59.5 Å². The summed E-state index contributed by atoms with van der Waals surface area (Å²) in [7, 11) is 4.18. The van der Waals surface area contributed by atoms with Crippen molar-refractivity contribution in [3.05, 3.63) is 0 Å². The molecule has 0 aromatic rings. The maximum absolute atomic E-state index is 12.4. The number of carbonyl (C=O) groups is 1. The zero-order valence-corrected chi connectivity index (χ0v) is 12.7. The van der Waals surface area contributed by atoms with Gasteiger partial charge in [0.05, 0.1) is 6.04 Å². The van der Waals surface area contributed by atoms with E-state index in [4.69, 9.17) is 0 Å². The Morgan fingerprint density at radius 3 is 2.32 bits per heavy atom. The molecule has 1 N–H and O–H groups in total. The summed E-state index contributed by atoms with van der Waals surface area (Å²) in [5, 5.41) is 3.37. The van der Waals surface area contributed by atoms with E-state index in [9.17, 15) is 4.79 Å². The fraction of sp³-hybridized carbons (Fsp3) is 0.933. The molecule has 1 aliphatic carbocycles. The average molecular weight is 267 g/mol. The SMILES string of the molecule is CNC1CCC(N(C)C(C)C(=O)N2CCCC2)CC1. The predicted octanol–water partition coefficient (Wildman–Crippen LogP) is 1.46. The van der Waals surface area contributed by atoms with Crippen molar-refractivity contribution in [3.63, 3.8) is 0 Å². The molecule has 1 unspecified atom stereocenters. The lowest BCUT2D eigenvalue weighted by Crippen LogP contribution is -2.50. The molecule has 1 atom stereocenters. The van der Waals surface area contributed by atoms with Crippen LogP contribution in [0.4, 0.5) is 0 Å². The summed E-state index contributed by atoms with van der Waals surface area (Å²) in [5.41, 5.74) is 0. The highest BCUT2D eigenvalue weighted by atomic mass is 16.2. The van der Waals surface area contributed by atoms with Crippen LogP contribution in [0.5, 0.6) is 0 Å². The molecule has 1 amide bonds. The van der Waals surface area contributed by atoms with Gasteiger partial charge in [-0.1, -0.05) is 0 Å². The molecule has 1 saturated heterocycles. The Labute approximate surface area is 117 Å². The van der Waals surface area contributed by atoms with E-state index in [1.54, 1.807) is 0 Å². The van der Waals surface area contributed by atoms with Crippen molar-refractivity contribution >= 4 is 5.91 Å². The monoisotopic (exact) mass is 267 g/mol. The van der Waals surface area contributed by atoms with Gasteiger partial charge in [0.15, 0.2) is 0 Å². The number of hydrogen-bond donors (Lipinski definition) is 1. The minimum atomic E-state index is 0.0363. The molecule has 2 aliphatic rings. The van der Waals surface area contributed by atoms with Crippen molar-refractivity contribution in [2.75, 3.05) is 27.2 Å². The second kappa shape index (κ2) is 6.71. The first-order chi connectivity index (χ1) is 9.13. The lowest BCUT2D eigenvalue weighted by molar-refractivity contribution is -0.135. The molecule has 4 nitrogen and oxygen atoms in total. The molecule has 110 valence electrons. The van der Waals surface area contributed by atoms with Gasteiger partial charge in [0, 0.05) is 25.2 Å². The summed E-state index contributed by atoms with van der Waals surface area (Å²) in [6.45, 7) is 4.00. The number of hydrogen-bond acceptors (Lipinski definition) is 3. The first kappa shape index (κ1) is 14.8. The van der Waals surface area contributed by atoms with Crippen LogP contribution in [0.3, 0.4) is 0 Å². The van der Waals surface area contributed by atoms with Crippen molar-refractivity contribution in [2.45, 2.75) is 63.6 Å². The molecule has 1 saturated carbocycles. The van der Waals surface area contributed by atoms with E-state index in [0.717, 1.165) is 13.1 Å². The van der Waals surface area contributed by atoms with Gasteiger partial charge in [0.25, 0.3) is 0 Å². The highest BCUT2D eigenvalue weighted by molar-refractivity contribution is 5.81. The number of nitrogens with zero attached hydrogens (tertiary/aromatic N) is 2. The van der Waals surface area contributed by atoms with E-state index in [1.807, 2.05) is 11.9 Å². The number of carbonyl (C=O) groups excluding carboxylic acids is 1. The largest absolute Gasteiger partial charge is 0.341 e. The molecule has 1 aliphatic heterocycles. The Hall–Kier alpha value is -0.610. The minimum Gasteiger partial charge on any atom is -0.341 e. The summed E-state index contributed by atoms with van der Waals surface area (Å²) in [5.74, 6) is 0.329. The van der Waals surface area contributed by atoms with Gasteiger partial charge in [-0.25, -0.2) is 0 Å². The summed E-state index contributed by atoms with van der Waals surface area (Å²) in [6.07, 6.45) is 7.23. The molecule has 2 rings (SSSR count). The van der Waals surface area contributed by atoms with E-state index in [-0.39, 0.29) is 6.04 Å². The van der Waals surface area contributed by atoms with Gasteiger partial charge in [-0.2, -0.15) is 0 Å². The van der Waals surface area contributed by atoms with Crippen LogP contribution in [0.1, 0.15) is 45.4 Å². The molecule has 0 aromatic carbocycles. The van der Waals surface area contributed by atoms with Crippen molar-refractivity contribution < 1.29 is 4.79 Å². The summed E-state index contributed by atoms with van der Waals surface area (Å²) < 4.78 is 0. The van der Waals surface area contributed by atoms with Crippen molar-refractivity contribution in [3.8, 4) is 0 Å². The molecule has 0 spiro atoms. The van der Waals surface area contributed by atoms with Crippen LogP contribution in [0.2, 0.25) is 0 Å². The maximum atomic E-state index is 12.4. The molecule has 19 heavy (non-hydrogen) atoms. The second-order valence-corrected chi connectivity index (χ2v) is 6.17. The molecule has 4 heteroatoms. The van der Waals surface area contributed by atoms with Crippen LogP contribution in [0.25, 0.3) is 0 Å². The standard InChI is InChI=1S/C15H29N3O/c1-12(15(19)18-10-4-5-11-18)17(3)14-8-6-13(16-2)7-9-14/h12-14,16H,4-11H2,1-3H3. The van der Waals surface area contributed by atoms with E-state index < -0.39 is 0 Å². The normalized spacial score (nSPS) is 29.8. The first-order valence-corrected chi connectivity index (χ1v) is 7.81. The van der Waals surface area contributed by atoms with Gasteiger partial charge in [-0.15, -0.1) is 0 Å². The predicted molar refractivity (Wildman–Crippen MR) is 78.1 cm³/mol. The third kappa shape index (κ3) is 3.48. The molecular weight excluding hydrogens is 238 g/mol. The molecule has 1 heterocycles. The van der Waals surface area contributed by atoms with Gasteiger partial charge in [0.2, 0.25) is 5.91 Å². The maximum Gasteiger partial charge on any atom is 0.239 e. The first-order valence-electron chi connectivity index (χ1n) is 7.81. The molecule has 0 aromatic heterocycles. The zero-order valence-electron chi connectivity index (χ0n) is 12.7. The van der Waals surface area contributed by atoms with Crippen LogP contribution >= 0.6 is 0 Å². The van der Waals surface area contributed by atoms with Gasteiger partial charge < -0.3 is 10.2 Å². The molecule has 0 radical (unpaired) electrons. The quantitative estimate of drug-likeness (QED) is 0.837. The fourth-order valence-corrected chi connectivity index (χ4v) is 3.46. The fourth-order valence-electron chi connectivity index (χ4n) is 3.46. The van der Waals surface area contributed by atoms with Crippen LogP contribution < -0.4 is 5.32 Å². The van der Waals surface area contributed by atoms with Gasteiger partial charge in [0.1, 0.15) is 0 Å². The molecule has 0 bridgehead atoms. The molecule has 2 fully saturated rings. The number of likely N-dealkylation sites (N-methyl/N-ethyl adjacent to an activating group) is 1. The summed E-state index contributed by atoms with van der Waals surface area (Å²) >= 11 is 0. The average Bonchev–Trinajstić information content (AvgIpc) is 2.99. The lowest BCUT2D eigenvalue weighted by atomic mass is 9.90. The number of amides is 1. The van der Waals surface area contributed by atoms with Crippen molar-refractivity contribution in [1.82, 2.24) is 15.1 Å². The zero-order chi connectivity index (χ0) is 13.8. The van der Waals surface area contributed by atoms with E-state index >= 15 is 0 Å². The van der Waals surface area contributed by atoms with E-state index in [0.29, 0.717) is 18.0 Å². The number of nitrogens with one attached hydrogen (secondary N) is 1. The Morgan fingerprint density at radius 1 is 1.21 bits per heavy atom. The van der Waals surface area contributed by atoms with E-state index in [2.05, 4.69) is 24.2 Å². The number of rotatable bonds is 4. The van der Waals surface area contributed by atoms with E-state index in [1.165, 1.54) is 38.5 Å². The van der Waals surface area contributed by atoms with Gasteiger partial charge in [-0.3, -0.25) is 9.69 Å². The topological polar surface area (TPSA) is 35.6 Å². The Kier molecular flexibility index (Phi) is 5.22. The third-order valence-electron chi connectivity index (χ3n) is 5.07. The second-order valence-electron chi connectivity index (χ2n) is 6.17. The van der Waals surface area contributed by atoms with Crippen LogP contribution in [-0.4, -0.2) is 61.0 Å². The third-order valence-corrected chi connectivity index (χ3v) is 5.07. The lowest BCUT2D eigenvalue weighted by Gasteiger charge is -2.38. The van der Waals surface area contributed by atoms with Crippen molar-refractivity contribution in [2.24, 2.45) is 0 Å². The summed E-state index contributed by atoms with van der Waals surface area (Å²) in [6, 6.07) is 1.29. The summed E-state index contributed by atoms with van der Waals surface area (Å²) in [4.78, 5) is 16.8. The highest BCUT2D eigenvalue weighted by Crippen LogP contribution is 2.24. The Balaban J connectivity index is 1.84. The van der Waals surface area contributed by atoms with Crippen molar-refractivity contribution in [1.29, 1.82) is 0 Å². The number of likely N-dealkylation sites (tertiary alicyclic amines) is 1. The van der Waals surface area contributed by atoms with Crippen LogP contribution in [0.15, 0.2) is 0 Å². The Morgan fingerprint density at radius 2 is 1.79 bits per heavy atom. The van der Waals surface area contributed by atoms with Gasteiger partial charge >= 0.3 is 0 Å². The highest BCUT2D eigenvalue weighted by Gasteiger charge is 2.31.